The third-order valence-corrected chi connectivity index (χ3v) is 2.79. The fourth-order valence-electron chi connectivity index (χ4n) is 1.23. The molecule has 0 radical (unpaired) electrons. The zero-order chi connectivity index (χ0) is 13.0. The highest BCUT2D eigenvalue weighted by molar-refractivity contribution is 9.10. The Hall–Kier alpha value is -2.26. The van der Waals surface area contributed by atoms with Gasteiger partial charge in [-0.1, -0.05) is 15.9 Å². The van der Waals surface area contributed by atoms with Crippen LogP contribution < -0.4 is 4.74 Å². The molecule has 0 fully saturated rings. The molecular formula is C12H6BrN3O2. The number of hydrogen-bond donors (Lipinski definition) is 0. The smallest absolute Gasteiger partial charge is 0.238 e. The summed E-state index contributed by atoms with van der Waals surface area (Å²) in [6, 6.07) is 9.88. The number of rotatable bonds is 3. The maximum atomic E-state index is 10.8. The molecule has 0 aliphatic carbocycles. The molecule has 0 amide bonds. The van der Waals surface area contributed by atoms with E-state index < -0.39 is 0 Å². The Morgan fingerprint density at radius 1 is 1.28 bits per heavy atom. The molecule has 2 rings (SSSR count). The van der Waals surface area contributed by atoms with Gasteiger partial charge in [-0.2, -0.15) is 5.26 Å². The van der Waals surface area contributed by atoms with E-state index in [1.54, 1.807) is 18.2 Å². The molecule has 0 aliphatic heterocycles. The minimum Gasteiger partial charge on any atom is -0.437 e. The molecule has 0 bridgehead atoms. The van der Waals surface area contributed by atoms with Crippen LogP contribution in [0, 0.1) is 11.3 Å². The lowest BCUT2D eigenvalue weighted by molar-refractivity contribution is 0.112. The Kier molecular flexibility index (Phi) is 3.65. The average Bonchev–Trinajstić information content (AvgIpc) is 2.42. The number of nitrogens with zero attached hydrogens (tertiary/aromatic N) is 3. The van der Waals surface area contributed by atoms with E-state index >= 15 is 0 Å². The zero-order valence-electron chi connectivity index (χ0n) is 9.00. The lowest BCUT2D eigenvalue weighted by Gasteiger charge is -2.05. The highest BCUT2D eigenvalue weighted by Gasteiger charge is 2.04. The van der Waals surface area contributed by atoms with E-state index in [9.17, 15) is 4.79 Å². The first-order valence-electron chi connectivity index (χ1n) is 4.89. The van der Waals surface area contributed by atoms with Crippen LogP contribution >= 0.6 is 15.9 Å². The molecule has 88 valence electrons. The van der Waals surface area contributed by atoms with Crippen molar-refractivity contribution in [2.24, 2.45) is 0 Å². The molecule has 1 heterocycles. The molecule has 1 aromatic heterocycles. The highest BCUT2D eigenvalue weighted by atomic mass is 79.9. The van der Waals surface area contributed by atoms with Crippen molar-refractivity contribution in [3.63, 3.8) is 0 Å². The summed E-state index contributed by atoms with van der Waals surface area (Å²) >= 11 is 3.24. The molecule has 0 atom stereocenters. The molecule has 1 aromatic carbocycles. The number of ether oxygens (including phenoxy) is 1. The summed E-state index contributed by atoms with van der Waals surface area (Å²) in [4.78, 5) is 10.8. The second-order valence-corrected chi connectivity index (χ2v) is 4.13. The van der Waals surface area contributed by atoms with E-state index in [2.05, 4.69) is 26.1 Å². The molecule has 0 aliphatic rings. The predicted octanol–water partition coefficient (Wildman–Crippen LogP) is 2.72. The molecule has 5 nitrogen and oxygen atoms in total. The SMILES string of the molecule is N#Cc1ccc(Oc2ccc(Br)c(C=O)c2)nn1. The van der Waals surface area contributed by atoms with Gasteiger partial charge in [0.25, 0.3) is 0 Å². The second kappa shape index (κ2) is 5.38. The summed E-state index contributed by atoms with van der Waals surface area (Å²) in [6.07, 6.45) is 0.724. The van der Waals surface area contributed by atoms with E-state index in [-0.39, 0.29) is 11.6 Å². The monoisotopic (exact) mass is 303 g/mol. The first-order chi connectivity index (χ1) is 8.72. The topological polar surface area (TPSA) is 75.9 Å². The van der Waals surface area contributed by atoms with Crippen molar-refractivity contribution in [2.75, 3.05) is 0 Å². The predicted molar refractivity (Wildman–Crippen MR) is 66.4 cm³/mol. The van der Waals surface area contributed by atoms with Gasteiger partial charge >= 0.3 is 0 Å². The van der Waals surface area contributed by atoms with E-state index in [4.69, 9.17) is 10.00 Å². The van der Waals surface area contributed by atoms with Crippen LogP contribution in [0.15, 0.2) is 34.8 Å². The summed E-state index contributed by atoms with van der Waals surface area (Å²) in [6.45, 7) is 0. The van der Waals surface area contributed by atoms with E-state index in [0.717, 1.165) is 6.29 Å². The van der Waals surface area contributed by atoms with Gasteiger partial charge in [0.15, 0.2) is 12.0 Å². The number of aldehydes is 1. The Balaban J connectivity index is 2.23. The lowest BCUT2D eigenvalue weighted by atomic mass is 10.2. The van der Waals surface area contributed by atoms with Gasteiger partial charge < -0.3 is 4.74 Å². The van der Waals surface area contributed by atoms with E-state index in [1.807, 2.05) is 6.07 Å². The fourth-order valence-corrected chi connectivity index (χ4v) is 1.57. The van der Waals surface area contributed by atoms with Crippen molar-refractivity contribution in [3.8, 4) is 17.7 Å². The van der Waals surface area contributed by atoms with Crippen molar-refractivity contribution in [1.29, 1.82) is 5.26 Å². The number of halogens is 1. The summed E-state index contributed by atoms with van der Waals surface area (Å²) < 4.78 is 6.10. The minimum absolute atomic E-state index is 0.215. The molecule has 2 aromatic rings. The van der Waals surface area contributed by atoms with Gasteiger partial charge in [-0.05, 0) is 24.3 Å². The normalized spacial score (nSPS) is 9.56. The largest absolute Gasteiger partial charge is 0.437 e. The zero-order valence-corrected chi connectivity index (χ0v) is 10.6. The van der Waals surface area contributed by atoms with Gasteiger partial charge in [0.1, 0.15) is 11.8 Å². The first-order valence-corrected chi connectivity index (χ1v) is 5.68. The summed E-state index contributed by atoms with van der Waals surface area (Å²) in [5, 5.41) is 15.9. The minimum atomic E-state index is 0.215. The van der Waals surface area contributed by atoms with Crippen LogP contribution in [0.3, 0.4) is 0 Å². The molecular weight excluding hydrogens is 298 g/mol. The van der Waals surface area contributed by atoms with Crippen molar-refractivity contribution >= 4 is 22.2 Å². The number of benzene rings is 1. The van der Waals surface area contributed by atoms with E-state index in [1.165, 1.54) is 12.1 Å². The van der Waals surface area contributed by atoms with Crippen LogP contribution in [0.1, 0.15) is 16.1 Å². The van der Waals surface area contributed by atoms with Crippen molar-refractivity contribution < 1.29 is 9.53 Å². The first kappa shape index (κ1) is 12.2. The number of nitriles is 1. The third-order valence-electron chi connectivity index (χ3n) is 2.07. The standard InChI is InChI=1S/C12H6BrN3O2/c13-11-3-2-10(5-8(11)7-17)18-12-4-1-9(6-14)15-16-12/h1-5,7H. The lowest BCUT2D eigenvalue weighted by Crippen LogP contribution is -1.93. The van der Waals surface area contributed by atoms with Crippen molar-refractivity contribution in [1.82, 2.24) is 10.2 Å². The van der Waals surface area contributed by atoms with Gasteiger partial charge in [0, 0.05) is 16.1 Å². The Morgan fingerprint density at radius 3 is 2.72 bits per heavy atom. The van der Waals surface area contributed by atoms with Crippen LogP contribution in [-0.2, 0) is 0 Å². The fraction of sp³-hybridized carbons (Fsp3) is 0. The van der Waals surface area contributed by atoms with E-state index in [0.29, 0.717) is 15.8 Å². The van der Waals surface area contributed by atoms with Crippen LogP contribution in [0.4, 0.5) is 0 Å². The van der Waals surface area contributed by atoms with Gasteiger partial charge in [-0.15, -0.1) is 10.2 Å². The number of carbonyl (C=O) groups excluding carboxylic acids is 1. The van der Waals surface area contributed by atoms with Crippen LogP contribution in [-0.4, -0.2) is 16.5 Å². The van der Waals surface area contributed by atoms with Gasteiger partial charge in [0.05, 0.1) is 0 Å². The highest BCUT2D eigenvalue weighted by Crippen LogP contribution is 2.24. The second-order valence-electron chi connectivity index (χ2n) is 3.27. The average molecular weight is 304 g/mol. The number of carbonyl (C=O) groups is 1. The third kappa shape index (κ3) is 2.70. The molecule has 18 heavy (non-hydrogen) atoms. The maximum Gasteiger partial charge on any atom is 0.238 e. The van der Waals surface area contributed by atoms with Gasteiger partial charge in [0.2, 0.25) is 5.88 Å². The Morgan fingerprint density at radius 2 is 2.11 bits per heavy atom. The van der Waals surface area contributed by atoms with Crippen molar-refractivity contribution in [2.45, 2.75) is 0 Å². The van der Waals surface area contributed by atoms with Crippen LogP contribution in [0.25, 0.3) is 0 Å². The summed E-state index contributed by atoms with van der Waals surface area (Å²) in [5.74, 6) is 0.729. The van der Waals surface area contributed by atoms with Crippen LogP contribution in [0.5, 0.6) is 11.6 Å². The molecule has 0 saturated carbocycles. The molecule has 0 saturated heterocycles. The Bertz CT molecular complexity index is 620. The number of hydrogen-bond acceptors (Lipinski definition) is 5. The molecule has 0 unspecified atom stereocenters. The van der Waals surface area contributed by atoms with Crippen molar-refractivity contribution in [3.05, 3.63) is 46.1 Å². The molecule has 6 heteroatoms. The summed E-state index contributed by atoms with van der Waals surface area (Å²) in [7, 11) is 0. The summed E-state index contributed by atoms with van der Waals surface area (Å²) in [5.41, 5.74) is 0.695. The number of aromatic nitrogens is 2. The Labute approximate surface area is 111 Å². The van der Waals surface area contributed by atoms with Gasteiger partial charge in [-0.3, -0.25) is 4.79 Å². The van der Waals surface area contributed by atoms with Gasteiger partial charge in [-0.25, -0.2) is 0 Å². The quantitative estimate of drug-likeness (QED) is 0.815. The maximum absolute atomic E-state index is 10.8. The van der Waals surface area contributed by atoms with Crippen LogP contribution in [0.2, 0.25) is 0 Å². The molecule has 0 spiro atoms. The molecule has 0 N–H and O–H groups in total.